The van der Waals surface area contributed by atoms with Gasteiger partial charge in [0.1, 0.15) is 5.82 Å². The van der Waals surface area contributed by atoms with Crippen molar-refractivity contribution in [3.05, 3.63) is 62.6 Å². The zero-order valence-electron chi connectivity index (χ0n) is 16.7. The molecule has 0 spiro atoms. The van der Waals surface area contributed by atoms with Gasteiger partial charge in [-0.25, -0.2) is 9.78 Å². The predicted molar refractivity (Wildman–Crippen MR) is 117 cm³/mol. The maximum absolute atomic E-state index is 12.8. The molecule has 156 valence electrons. The van der Waals surface area contributed by atoms with Crippen LogP contribution in [0.1, 0.15) is 18.3 Å². The molecule has 0 aliphatic heterocycles. The van der Waals surface area contributed by atoms with Gasteiger partial charge in [-0.1, -0.05) is 15.9 Å². The van der Waals surface area contributed by atoms with E-state index in [2.05, 4.69) is 30.8 Å². The lowest BCUT2D eigenvalue weighted by Crippen LogP contribution is -2.20. The summed E-state index contributed by atoms with van der Waals surface area (Å²) in [6, 6.07) is 10.5. The van der Waals surface area contributed by atoms with Gasteiger partial charge >= 0.3 is 5.97 Å². The molecule has 0 atom stereocenters. The standard InChI is InChI=1S/C21H20BrN3O5/c1-4-29-19-9-14(5-8-18(19)30-12-20(26)28-3)11-23-25-13(2)24-17-7-6-15(22)10-16(17)21(25)27/h5-11H,4,12H2,1-3H3. The van der Waals surface area contributed by atoms with Crippen LogP contribution in [0.15, 0.2) is 50.8 Å². The van der Waals surface area contributed by atoms with Crippen LogP contribution in [0.3, 0.4) is 0 Å². The third-order valence-corrected chi connectivity index (χ3v) is 4.63. The average Bonchev–Trinajstić information content (AvgIpc) is 2.73. The molecule has 0 radical (unpaired) electrons. The number of benzene rings is 2. The van der Waals surface area contributed by atoms with Crippen molar-refractivity contribution in [3.8, 4) is 11.5 Å². The number of hydrogen-bond acceptors (Lipinski definition) is 7. The van der Waals surface area contributed by atoms with E-state index < -0.39 is 5.97 Å². The molecule has 1 heterocycles. The van der Waals surface area contributed by atoms with E-state index in [4.69, 9.17) is 9.47 Å². The summed E-state index contributed by atoms with van der Waals surface area (Å²) in [7, 11) is 1.29. The molecule has 8 nitrogen and oxygen atoms in total. The second kappa shape index (κ2) is 9.53. The molecule has 0 saturated carbocycles. The van der Waals surface area contributed by atoms with Gasteiger partial charge in [-0.15, -0.1) is 0 Å². The second-order valence-electron chi connectivity index (χ2n) is 6.19. The fourth-order valence-electron chi connectivity index (χ4n) is 2.71. The molecule has 9 heteroatoms. The number of methoxy groups -OCH3 is 1. The van der Waals surface area contributed by atoms with E-state index in [1.54, 1.807) is 37.3 Å². The number of ether oxygens (including phenoxy) is 3. The predicted octanol–water partition coefficient (Wildman–Crippen LogP) is 3.30. The van der Waals surface area contributed by atoms with Gasteiger partial charge in [0.05, 0.1) is 30.8 Å². The number of carbonyl (C=O) groups excluding carboxylic acids is 1. The van der Waals surface area contributed by atoms with Crippen molar-refractivity contribution >= 4 is 39.0 Å². The van der Waals surface area contributed by atoms with Crippen LogP contribution in [0, 0.1) is 6.92 Å². The van der Waals surface area contributed by atoms with Gasteiger partial charge < -0.3 is 14.2 Å². The molecule has 3 rings (SSSR count). The van der Waals surface area contributed by atoms with Crippen LogP contribution in [0.2, 0.25) is 0 Å². The zero-order chi connectivity index (χ0) is 21.7. The molecule has 0 unspecified atom stereocenters. The Hall–Kier alpha value is -3.20. The normalized spacial score (nSPS) is 11.1. The number of esters is 1. The fraction of sp³-hybridized carbons (Fsp3) is 0.238. The van der Waals surface area contributed by atoms with E-state index in [0.717, 1.165) is 4.47 Å². The van der Waals surface area contributed by atoms with Gasteiger partial charge in [-0.05, 0) is 55.8 Å². The molecule has 30 heavy (non-hydrogen) atoms. The number of hydrogen-bond donors (Lipinski definition) is 0. The summed E-state index contributed by atoms with van der Waals surface area (Å²) in [6.45, 7) is 3.75. The first-order valence-electron chi connectivity index (χ1n) is 9.12. The lowest BCUT2D eigenvalue weighted by molar-refractivity contribution is -0.142. The Balaban J connectivity index is 1.93. The van der Waals surface area contributed by atoms with Crippen molar-refractivity contribution in [3.63, 3.8) is 0 Å². The van der Waals surface area contributed by atoms with Crippen LogP contribution >= 0.6 is 15.9 Å². The highest BCUT2D eigenvalue weighted by molar-refractivity contribution is 9.10. The van der Waals surface area contributed by atoms with Crippen molar-refractivity contribution in [1.29, 1.82) is 0 Å². The number of aromatic nitrogens is 2. The molecule has 0 bridgehead atoms. The molecule has 3 aromatic rings. The maximum atomic E-state index is 12.8. The Morgan fingerprint density at radius 2 is 2.00 bits per heavy atom. The SMILES string of the molecule is CCOc1cc(C=Nn2c(C)nc3ccc(Br)cc3c2=O)ccc1OCC(=O)OC. The smallest absolute Gasteiger partial charge is 0.343 e. The quantitative estimate of drug-likeness (QED) is 0.386. The van der Waals surface area contributed by atoms with Gasteiger partial charge in [-0.3, -0.25) is 4.79 Å². The molecule has 0 fully saturated rings. The van der Waals surface area contributed by atoms with Crippen molar-refractivity contribution < 1.29 is 19.0 Å². The lowest BCUT2D eigenvalue weighted by atomic mass is 10.2. The summed E-state index contributed by atoms with van der Waals surface area (Å²) in [5.74, 6) is 0.836. The average molecular weight is 474 g/mol. The number of nitrogens with zero attached hydrogens (tertiary/aromatic N) is 3. The summed E-state index contributed by atoms with van der Waals surface area (Å²) in [5, 5.41) is 4.77. The molecule has 0 amide bonds. The van der Waals surface area contributed by atoms with Crippen molar-refractivity contribution in [2.45, 2.75) is 13.8 Å². The number of fused-ring (bicyclic) bond motifs is 1. The van der Waals surface area contributed by atoms with Crippen molar-refractivity contribution in [2.24, 2.45) is 5.10 Å². The Bertz CT molecular complexity index is 1170. The van der Waals surface area contributed by atoms with Crippen LogP contribution in [0.5, 0.6) is 11.5 Å². The van der Waals surface area contributed by atoms with E-state index in [1.165, 1.54) is 18.0 Å². The first kappa shape index (κ1) is 21.5. The third-order valence-electron chi connectivity index (χ3n) is 4.13. The van der Waals surface area contributed by atoms with Crippen LogP contribution < -0.4 is 15.0 Å². The van der Waals surface area contributed by atoms with Crippen LogP contribution in [-0.2, 0) is 9.53 Å². The van der Waals surface area contributed by atoms with Crippen LogP contribution in [0.25, 0.3) is 10.9 Å². The van der Waals surface area contributed by atoms with E-state index in [0.29, 0.717) is 40.4 Å². The third kappa shape index (κ3) is 4.85. The molecule has 1 aromatic heterocycles. The van der Waals surface area contributed by atoms with Gasteiger partial charge in [0.25, 0.3) is 5.56 Å². The minimum atomic E-state index is -0.492. The second-order valence-corrected chi connectivity index (χ2v) is 7.10. The first-order valence-corrected chi connectivity index (χ1v) is 9.92. The summed E-state index contributed by atoms with van der Waals surface area (Å²) in [5.41, 5.74) is 1.03. The summed E-state index contributed by atoms with van der Waals surface area (Å²) in [6.07, 6.45) is 1.53. The molecule has 0 N–H and O–H groups in total. The van der Waals surface area contributed by atoms with E-state index in [-0.39, 0.29) is 12.2 Å². The van der Waals surface area contributed by atoms with Crippen LogP contribution in [-0.4, -0.2) is 42.2 Å². The highest BCUT2D eigenvalue weighted by Gasteiger charge is 2.10. The lowest BCUT2D eigenvalue weighted by Gasteiger charge is -2.12. The summed E-state index contributed by atoms with van der Waals surface area (Å²) >= 11 is 3.37. The van der Waals surface area contributed by atoms with Gasteiger partial charge in [0.15, 0.2) is 18.1 Å². The zero-order valence-corrected chi connectivity index (χ0v) is 18.3. The fourth-order valence-corrected chi connectivity index (χ4v) is 3.07. The molecule has 2 aromatic carbocycles. The molecular formula is C21H20BrN3O5. The molecule has 0 aliphatic rings. The maximum Gasteiger partial charge on any atom is 0.343 e. The van der Waals surface area contributed by atoms with Crippen LogP contribution in [0.4, 0.5) is 0 Å². The highest BCUT2D eigenvalue weighted by Crippen LogP contribution is 2.28. The minimum Gasteiger partial charge on any atom is -0.490 e. The number of halogens is 1. The Morgan fingerprint density at radius 3 is 2.73 bits per heavy atom. The van der Waals surface area contributed by atoms with E-state index in [1.807, 2.05) is 13.0 Å². The topological polar surface area (TPSA) is 92.0 Å². The van der Waals surface area contributed by atoms with Gasteiger partial charge in [0.2, 0.25) is 0 Å². The number of rotatable bonds is 7. The van der Waals surface area contributed by atoms with Gasteiger partial charge in [-0.2, -0.15) is 9.78 Å². The highest BCUT2D eigenvalue weighted by atomic mass is 79.9. The molecular weight excluding hydrogens is 454 g/mol. The van der Waals surface area contributed by atoms with E-state index >= 15 is 0 Å². The largest absolute Gasteiger partial charge is 0.490 e. The van der Waals surface area contributed by atoms with E-state index in [9.17, 15) is 9.59 Å². The number of aryl methyl sites for hydroxylation is 1. The van der Waals surface area contributed by atoms with Crippen molar-refractivity contribution in [1.82, 2.24) is 9.66 Å². The molecule has 0 aliphatic carbocycles. The first-order chi connectivity index (χ1) is 14.4. The summed E-state index contributed by atoms with van der Waals surface area (Å²) < 4.78 is 17.6. The Kier molecular flexibility index (Phi) is 6.83. The van der Waals surface area contributed by atoms with Gasteiger partial charge in [0, 0.05) is 4.47 Å². The van der Waals surface area contributed by atoms with Crippen molar-refractivity contribution in [2.75, 3.05) is 20.3 Å². The summed E-state index contributed by atoms with van der Waals surface area (Å²) in [4.78, 5) is 28.6. The minimum absolute atomic E-state index is 0.225. The Labute approximate surface area is 181 Å². The monoisotopic (exact) mass is 473 g/mol. The molecule has 0 saturated heterocycles. The Morgan fingerprint density at radius 1 is 1.20 bits per heavy atom. The number of carbonyl (C=O) groups is 1.